The molecule has 0 aliphatic carbocycles. The van der Waals surface area contributed by atoms with Gasteiger partial charge in [-0.3, -0.25) is 9.89 Å². The van der Waals surface area contributed by atoms with Crippen LogP contribution in [0.3, 0.4) is 0 Å². The molecule has 142 valence electrons. The van der Waals surface area contributed by atoms with E-state index in [0.29, 0.717) is 31.5 Å². The van der Waals surface area contributed by atoms with Crippen molar-refractivity contribution >= 4 is 5.96 Å². The van der Waals surface area contributed by atoms with E-state index in [9.17, 15) is 13.2 Å². The highest BCUT2D eigenvalue weighted by atomic mass is 19.4. The third-order valence-corrected chi connectivity index (χ3v) is 4.35. The first-order chi connectivity index (χ1) is 11.2. The molecule has 0 aromatic heterocycles. The number of alkyl halides is 3. The topological polar surface area (TPSA) is 42.9 Å². The van der Waals surface area contributed by atoms with Gasteiger partial charge in [-0.1, -0.05) is 0 Å². The Morgan fingerprint density at radius 2 is 2.04 bits per heavy atom. The lowest BCUT2D eigenvalue weighted by molar-refractivity contribution is -0.143. The summed E-state index contributed by atoms with van der Waals surface area (Å²) in [6.45, 7) is 6.25. The Bertz CT molecular complexity index is 384. The maximum Gasteiger partial charge on any atom is 0.401 e. The maximum absolute atomic E-state index is 12.4. The number of nitrogens with one attached hydrogen (secondary N) is 2. The van der Waals surface area contributed by atoms with Gasteiger partial charge in [-0.05, 0) is 46.7 Å². The zero-order valence-electron chi connectivity index (χ0n) is 15.3. The largest absolute Gasteiger partial charge is 0.401 e. The molecule has 0 saturated carbocycles. The Labute approximate surface area is 143 Å². The first-order valence-electron chi connectivity index (χ1n) is 8.68. The van der Waals surface area contributed by atoms with E-state index < -0.39 is 12.7 Å². The number of guanidine groups is 1. The van der Waals surface area contributed by atoms with E-state index in [1.807, 2.05) is 0 Å². The Hall–Kier alpha value is -1.02. The van der Waals surface area contributed by atoms with E-state index in [1.54, 1.807) is 7.05 Å². The normalized spacial score (nSPS) is 20.2. The maximum atomic E-state index is 12.4. The number of nitrogens with zero attached hydrogens (tertiary/aromatic N) is 3. The van der Waals surface area contributed by atoms with Crippen molar-refractivity contribution in [2.75, 3.05) is 46.8 Å². The molecule has 1 unspecified atom stereocenters. The summed E-state index contributed by atoms with van der Waals surface area (Å²) in [6, 6.07) is 0.569. The lowest BCUT2D eigenvalue weighted by atomic mass is 10.2. The van der Waals surface area contributed by atoms with Gasteiger partial charge >= 0.3 is 6.18 Å². The lowest BCUT2D eigenvalue weighted by Crippen LogP contribution is -2.45. The summed E-state index contributed by atoms with van der Waals surface area (Å²) in [4.78, 5) is 7.90. The molecule has 1 fully saturated rings. The molecule has 1 heterocycles. The second kappa shape index (κ2) is 10.1. The molecular weight excluding hydrogens is 319 g/mol. The summed E-state index contributed by atoms with van der Waals surface area (Å²) in [5.74, 6) is 0.672. The summed E-state index contributed by atoms with van der Waals surface area (Å²) in [6.07, 6.45) is -1.29. The predicted octanol–water partition coefficient (Wildman–Crippen LogP) is 1.91. The van der Waals surface area contributed by atoms with Crippen molar-refractivity contribution in [3.05, 3.63) is 0 Å². The van der Waals surface area contributed by atoms with Gasteiger partial charge in [0.15, 0.2) is 5.96 Å². The number of unbranched alkanes of at least 4 members (excludes halogenated alkanes) is 1. The lowest BCUT2D eigenvalue weighted by Gasteiger charge is -2.21. The van der Waals surface area contributed by atoms with Crippen LogP contribution >= 0.6 is 0 Å². The van der Waals surface area contributed by atoms with Crippen LogP contribution in [0.15, 0.2) is 4.99 Å². The van der Waals surface area contributed by atoms with Crippen LogP contribution in [0.4, 0.5) is 13.2 Å². The van der Waals surface area contributed by atoms with Gasteiger partial charge in [0, 0.05) is 38.8 Å². The highest BCUT2D eigenvalue weighted by molar-refractivity contribution is 5.79. The number of hydrogen-bond acceptors (Lipinski definition) is 3. The first-order valence-corrected chi connectivity index (χ1v) is 8.68. The van der Waals surface area contributed by atoms with Crippen molar-refractivity contribution in [1.29, 1.82) is 0 Å². The second-order valence-electron chi connectivity index (χ2n) is 6.76. The first kappa shape index (κ1) is 21.0. The van der Waals surface area contributed by atoms with E-state index >= 15 is 0 Å². The Morgan fingerprint density at radius 3 is 2.62 bits per heavy atom. The molecule has 0 spiro atoms. The van der Waals surface area contributed by atoms with E-state index in [2.05, 4.69) is 41.4 Å². The second-order valence-corrected chi connectivity index (χ2v) is 6.76. The quantitative estimate of drug-likeness (QED) is 0.398. The van der Waals surface area contributed by atoms with Crippen molar-refractivity contribution < 1.29 is 13.2 Å². The van der Waals surface area contributed by atoms with Crippen LogP contribution in [-0.2, 0) is 0 Å². The Balaban J connectivity index is 2.19. The zero-order chi connectivity index (χ0) is 18.2. The standard InChI is InChI=1S/C16H32F3N5/c1-13(2)23(4)9-6-5-8-21-15(20-3)22-14-7-10-24(11-14)12-16(17,18)19/h13-14H,5-12H2,1-4H3,(H2,20,21,22). The molecule has 1 rings (SSSR count). The molecule has 0 aromatic rings. The van der Waals surface area contributed by atoms with Gasteiger partial charge in [-0.25, -0.2) is 0 Å². The molecule has 1 aliphatic rings. The van der Waals surface area contributed by atoms with Gasteiger partial charge in [0.1, 0.15) is 0 Å². The smallest absolute Gasteiger partial charge is 0.356 e. The summed E-state index contributed by atoms with van der Waals surface area (Å²) in [5.41, 5.74) is 0. The summed E-state index contributed by atoms with van der Waals surface area (Å²) in [7, 11) is 3.80. The van der Waals surface area contributed by atoms with Crippen LogP contribution < -0.4 is 10.6 Å². The monoisotopic (exact) mass is 351 g/mol. The van der Waals surface area contributed by atoms with Crippen LogP contribution in [0.2, 0.25) is 0 Å². The van der Waals surface area contributed by atoms with Crippen LogP contribution in [-0.4, -0.2) is 80.8 Å². The van der Waals surface area contributed by atoms with Gasteiger partial charge in [-0.15, -0.1) is 0 Å². The molecule has 1 atom stereocenters. The minimum absolute atomic E-state index is 0.0191. The van der Waals surface area contributed by atoms with Crippen LogP contribution in [0.1, 0.15) is 33.1 Å². The summed E-state index contributed by atoms with van der Waals surface area (Å²) in [5, 5.41) is 6.46. The third kappa shape index (κ3) is 8.73. The van der Waals surface area contributed by atoms with E-state index in [1.165, 1.54) is 4.90 Å². The average molecular weight is 351 g/mol. The van der Waals surface area contributed by atoms with Crippen molar-refractivity contribution in [1.82, 2.24) is 20.4 Å². The zero-order valence-corrected chi connectivity index (χ0v) is 15.3. The van der Waals surface area contributed by atoms with Crippen LogP contribution in [0.25, 0.3) is 0 Å². The fourth-order valence-corrected chi connectivity index (χ4v) is 2.69. The highest BCUT2D eigenvalue weighted by Crippen LogP contribution is 2.19. The van der Waals surface area contributed by atoms with Crippen molar-refractivity contribution in [3.63, 3.8) is 0 Å². The van der Waals surface area contributed by atoms with Gasteiger partial charge < -0.3 is 15.5 Å². The minimum atomic E-state index is -4.13. The van der Waals surface area contributed by atoms with E-state index in [4.69, 9.17) is 0 Å². The number of rotatable bonds is 8. The molecule has 2 N–H and O–H groups in total. The Morgan fingerprint density at radius 1 is 1.33 bits per heavy atom. The van der Waals surface area contributed by atoms with Gasteiger partial charge in [-0.2, -0.15) is 13.2 Å². The summed E-state index contributed by atoms with van der Waals surface area (Å²) < 4.78 is 37.2. The molecular formula is C16H32F3N5. The molecule has 0 amide bonds. The van der Waals surface area contributed by atoms with Crippen molar-refractivity contribution in [3.8, 4) is 0 Å². The minimum Gasteiger partial charge on any atom is -0.356 e. The van der Waals surface area contributed by atoms with Crippen molar-refractivity contribution in [2.24, 2.45) is 4.99 Å². The van der Waals surface area contributed by atoms with Crippen LogP contribution in [0.5, 0.6) is 0 Å². The molecule has 0 radical (unpaired) electrons. The molecule has 0 bridgehead atoms. The van der Waals surface area contributed by atoms with Gasteiger partial charge in [0.2, 0.25) is 0 Å². The van der Waals surface area contributed by atoms with Crippen LogP contribution in [0, 0.1) is 0 Å². The number of likely N-dealkylation sites (tertiary alicyclic amines) is 1. The molecule has 24 heavy (non-hydrogen) atoms. The number of aliphatic imine (C=N–C) groups is 1. The Kier molecular flexibility index (Phi) is 8.83. The molecule has 8 heteroatoms. The number of hydrogen-bond donors (Lipinski definition) is 2. The van der Waals surface area contributed by atoms with Gasteiger partial charge in [0.25, 0.3) is 0 Å². The van der Waals surface area contributed by atoms with Crippen molar-refractivity contribution in [2.45, 2.75) is 51.4 Å². The predicted molar refractivity (Wildman–Crippen MR) is 92.4 cm³/mol. The molecule has 1 aliphatic heterocycles. The van der Waals surface area contributed by atoms with E-state index in [-0.39, 0.29) is 6.04 Å². The third-order valence-electron chi connectivity index (χ3n) is 4.35. The van der Waals surface area contributed by atoms with E-state index in [0.717, 1.165) is 25.9 Å². The molecule has 0 aromatic carbocycles. The fraction of sp³-hybridized carbons (Fsp3) is 0.938. The highest BCUT2D eigenvalue weighted by Gasteiger charge is 2.34. The fourth-order valence-electron chi connectivity index (χ4n) is 2.69. The van der Waals surface area contributed by atoms with Gasteiger partial charge in [0.05, 0.1) is 6.54 Å². The number of halogens is 3. The molecule has 5 nitrogen and oxygen atoms in total. The summed E-state index contributed by atoms with van der Waals surface area (Å²) >= 11 is 0. The average Bonchev–Trinajstić information content (AvgIpc) is 2.90. The molecule has 1 saturated heterocycles. The SMILES string of the molecule is CN=C(NCCCCN(C)C(C)C)NC1CCN(CC(F)(F)F)C1.